The average Bonchev–Trinajstić information content (AvgIpc) is 2.47. The Kier molecular flexibility index (Phi) is 4.30. The van der Waals surface area contributed by atoms with E-state index in [9.17, 15) is 19.7 Å². The molecule has 21 heavy (non-hydrogen) atoms. The molecule has 0 aliphatic rings. The molecule has 1 amide bonds. The first-order valence-corrected chi connectivity index (χ1v) is 6.21. The maximum Gasteiger partial charge on any atom is 0.269 e. The number of anilines is 1. The first-order chi connectivity index (χ1) is 9.97. The van der Waals surface area contributed by atoms with Gasteiger partial charge in [-0.05, 0) is 48.0 Å². The molecule has 2 aromatic carbocycles. The van der Waals surface area contributed by atoms with Crippen LogP contribution >= 0.6 is 11.6 Å². The summed E-state index contributed by atoms with van der Waals surface area (Å²) in [7, 11) is 0. The zero-order chi connectivity index (χ0) is 15.4. The number of nitro groups is 1. The van der Waals surface area contributed by atoms with Crippen LogP contribution in [0.15, 0.2) is 48.5 Å². The molecule has 0 radical (unpaired) electrons. The number of nitrogens with one attached hydrogen (secondary N) is 1. The monoisotopic (exact) mass is 304 g/mol. The van der Waals surface area contributed by atoms with Crippen LogP contribution in [-0.4, -0.2) is 16.1 Å². The van der Waals surface area contributed by atoms with Gasteiger partial charge in [0.15, 0.2) is 0 Å². The van der Waals surface area contributed by atoms with E-state index in [1.54, 1.807) is 12.1 Å². The minimum atomic E-state index is -0.580. The van der Waals surface area contributed by atoms with Gasteiger partial charge in [0.05, 0.1) is 4.92 Å². The first kappa shape index (κ1) is 14.7. The van der Waals surface area contributed by atoms with Crippen LogP contribution in [0.2, 0.25) is 0 Å². The zero-order valence-corrected chi connectivity index (χ0v) is 11.3. The van der Waals surface area contributed by atoms with Gasteiger partial charge in [0, 0.05) is 28.9 Å². The van der Waals surface area contributed by atoms with E-state index in [-0.39, 0.29) is 11.3 Å². The van der Waals surface area contributed by atoms with Crippen molar-refractivity contribution in [2.75, 3.05) is 5.32 Å². The van der Waals surface area contributed by atoms with Crippen LogP contribution in [-0.2, 0) is 0 Å². The van der Waals surface area contributed by atoms with Crippen LogP contribution in [0.4, 0.5) is 11.4 Å². The Labute approximate surface area is 124 Å². The van der Waals surface area contributed by atoms with Gasteiger partial charge in [0.1, 0.15) is 0 Å². The second-order valence-corrected chi connectivity index (χ2v) is 4.45. The second kappa shape index (κ2) is 6.15. The van der Waals surface area contributed by atoms with Crippen molar-refractivity contribution in [3.8, 4) is 0 Å². The Balaban J connectivity index is 2.10. The van der Waals surface area contributed by atoms with E-state index in [1.807, 2.05) is 0 Å². The molecule has 0 unspecified atom stereocenters. The number of amides is 1. The fourth-order valence-corrected chi connectivity index (χ4v) is 1.75. The lowest BCUT2D eigenvalue weighted by molar-refractivity contribution is -0.384. The molecule has 0 saturated heterocycles. The molecule has 1 N–H and O–H groups in total. The van der Waals surface area contributed by atoms with Crippen molar-refractivity contribution in [1.82, 2.24) is 0 Å². The minimum absolute atomic E-state index is 0.0865. The van der Waals surface area contributed by atoms with Crippen molar-refractivity contribution in [2.45, 2.75) is 0 Å². The van der Waals surface area contributed by atoms with Crippen LogP contribution in [0.5, 0.6) is 0 Å². The number of rotatable bonds is 4. The number of nitrogens with zero attached hydrogens (tertiary/aromatic N) is 1. The van der Waals surface area contributed by atoms with Crippen molar-refractivity contribution in [2.24, 2.45) is 0 Å². The zero-order valence-electron chi connectivity index (χ0n) is 10.6. The molecule has 0 aliphatic heterocycles. The third-order valence-electron chi connectivity index (χ3n) is 2.71. The SMILES string of the molecule is O=C(Cl)c1ccc(NC(=O)c2ccc([N+](=O)[O-])cc2)cc1. The molecule has 106 valence electrons. The molecular formula is C14H9ClN2O4. The van der Waals surface area contributed by atoms with Gasteiger partial charge in [-0.15, -0.1) is 0 Å². The van der Waals surface area contributed by atoms with Crippen molar-refractivity contribution in [1.29, 1.82) is 0 Å². The Morgan fingerprint density at radius 2 is 1.48 bits per heavy atom. The van der Waals surface area contributed by atoms with Crippen molar-refractivity contribution in [3.63, 3.8) is 0 Å². The van der Waals surface area contributed by atoms with Crippen molar-refractivity contribution in [3.05, 3.63) is 69.8 Å². The van der Waals surface area contributed by atoms with Crippen LogP contribution in [0.1, 0.15) is 20.7 Å². The summed E-state index contributed by atoms with van der Waals surface area (Å²) in [5, 5.41) is 12.6. The van der Waals surface area contributed by atoms with Gasteiger partial charge < -0.3 is 5.32 Å². The third kappa shape index (κ3) is 3.64. The number of hydrogen-bond acceptors (Lipinski definition) is 4. The van der Waals surface area contributed by atoms with Crippen LogP contribution < -0.4 is 5.32 Å². The average molecular weight is 305 g/mol. The smallest absolute Gasteiger partial charge is 0.269 e. The quantitative estimate of drug-likeness (QED) is 0.533. The Bertz CT molecular complexity index is 696. The van der Waals surface area contributed by atoms with Crippen LogP contribution in [0.3, 0.4) is 0 Å². The van der Waals surface area contributed by atoms with Gasteiger partial charge in [-0.1, -0.05) is 0 Å². The number of hydrogen-bond donors (Lipinski definition) is 1. The summed E-state index contributed by atoms with van der Waals surface area (Å²) >= 11 is 5.32. The van der Waals surface area contributed by atoms with E-state index in [0.717, 1.165) is 0 Å². The summed E-state index contributed by atoms with van der Waals surface area (Å²) in [6.07, 6.45) is 0. The topological polar surface area (TPSA) is 89.3 Å². The molecular weight excluding hydrogens is 296 g/mol. The number of halogens is 1. The van der Waals surface area contributed by atoms with E-state index in [0.29, 0.717) is 11.3 Å². The van der Waals surface area contributed by atoms with Gasteiger partial charge in [-0.2, -0.15) is 0 Å². The summed E-state index contributed by atoms with van der Waals surface area (Å²) in [4.78, 5) is 32.8. The van der Waals surface area contributed by atoms with Gasteiger partial charge >= 0.3 is 0 Å². The Morgan fingerprint density at radius 1 is 0.952 bits per heavy atom. The summed E-state index contributed by atoms with van der Waals surface area (Å²) in [5.74, 6) is -0.408. The molecule has 0 heterocycles. The highest BCUT2D eigenvalue weighted by Gasteiger charge is 2.10. The molecule has 0 spiro atoms. The molecule has 0 aromatic heterocycles. The van der Waals surface area contributed by atoms with E-state index in [4.69, 9.17) is 11.6 Å². The van der Waals surface area contributed by atoms with Gasteiger partial charge in [0.25, 0.3) is 16.8 Å². The molecule has 2 rings (SSSR count). The second-order valence-electron chi connectivity index (χ2n) is 4.11. The summed E-state index contributed by atoms with van der Waals surface area (Å²) < 4.78 is 0. The van der Waals surface area contributed by atoms with E-state index < -0.39 is 16.1 Å². The number of carbonyl (C=O) groups excluding carboxylic acids is 2. The Hall–Kier alpha value is -2.73. The fraction of sp³-hybridized carbons (Fsp3) is 0. The third-order valence-corrected chi connectivity index (χ3v) is 2.93. The first-order valence-electron chi connectivity index (χ1n) is 5.83. The molecule has 0 bridgehead atoms. The Morgan fingerprint density at radius 3 is 1.95 bits per heavy atom. The van der Waals surface area contributed by atoms with Gasteiger partial charge in [-0.3, -0.25) is 19.7 Å². The van der Waals surface area contributed by atoms with Crippen LogP contribution in [0.25, 0.3) is 0 Å². The maximum absolute atomic E-state index is 11.9. The lowest BCUT2D eigenvalue weighted by atomic mass is 10.2. The molecule has 6 nitrogen and oxygen atoms in total. The predicted molar refractivity (Wildman–Crippen MR) is 77.7 cm³/mol. The number of carbonyl (C=O) groups is 2. The lowest BCUT2D eigenvalue weighted by Gasteiger charge is -2.05. The highest BCUT2D eigenvalue weighted by atomic mass is 35.5. The fourth-order valence-electron chi connectivity index (χ4n) is 1.62. The number of nitro benzene ring substituents is 1. The van der Waals surface area contributed by atoms with E-state index in [2.05, 4.69) is 5.32 Å². The van der Waals surface area contributed by atoms with Crippen LogP contribution in [0, 0.1) is 10.1 Å². The summed E-state index contributed by atoms with van der Waals surface area (Å²) in [6.45, 7) is 0. The molecule has 0 aliphatic carbocycles. The summed E-state index contributed by atoms with van der Waals surface area (Å²) in [5.41, 5.74) is 1.01. The molecule has 0 atom stereocenters. The summed E-state index contributed by atoms with van der Waals surface area (Å²) in [6, 6.07) is 11.3. The van der Waals surface area contributed by atoms with Crippen molar-refractivity contribution < 1.29 is 14.5 Å². The largest absolute Gasteiger partial charge is 0.322 e. The van der Waals surface area contributed by atoms with E-state index in [1.165, 1.54) is 36.4 Å². The van der Waals surface area contributed by atoms with E-state index >= 15 is 0 Å². The van der Waals surface area contributed by atoms with Gasteiger partial charge in [-0.25, -0.2) is 0 Å². The molecule has 2 aromatic rings. The predicted octanol–water partition coefficient (Wildman–Crippen LogP) is 3.23. The minimum Gasteiger partial charge on any atom is -0.322 e. The maximum atomic E-state index is 11.9. The highest BCUT2D eigenvalue weighted by Crippen LogP contribution is 2.15. The van der Waals surface area contributed by atoms with Gasteiger partial charge in [0.2, 0.25) is 0 Å². The number of non-ortho nitro benzene ring substituents is 1. The standard InChI is InChI=1S/C14H9ClN2O4/c15-13(18)9-1-5-11(6-2-9)16-14(19)10-3-7-12(8-4-10)17(20)21/h1-8H,(H,16,19). The molecule has 0 saturated carbocycles. The van der Waals surface area contributed by atoms with Crippen molar-refractivity contribution >= 4 is 34.1 Å². The normalized spacial score (nSPS) is 9.95. The molecule has 7 heteroatoms. The highest BCUT2D eigenvalue weighted by molar-refractivity contribution is 6.67. The molecule has 0 fully saturated rings. The lowest BCUT2D eigenvalue weighted by Crippen LogP contribution is -2.11. The number of benzene rings is 2.